The van der Waals surface area contributed by atoms with Crippen LogP contribution in [0, 0.1) is 0 Å². The van der Waals surface area contributed by atoms with Crippen molar-refractivity contribution < 1.29 is 27.8 Å². The molecule has 2 heterocycles. The number of aromatic nitrogens is 1. The number of amides is 1. The third-order valence-electron chi connectivity index (χ3n) is 4.51. The van der Waals surface area contributed by atoms with Crippen LogP contribution in [0.5, 0.6) is 11.5 Å². The molecule has 0 fully saturated rings. The zero-order valence-corrected chi connectivity index (χ0v) is 17.3. The van der Waals surface area contributed by atoms with Gasteiger partial charge in [-0.05, 0) is 42.5 Å². The zero-order chi connectivity index (χ0) is 21.8. The number of anilines is 1. The van der Waals surface area contributed by atoms with Crippen LogP contribution in [0.15, 0.2) is 52.8 Å². The first-order valence-electron chi connectivity index (χ1n) is 9.37. The van der Waals surface area contributed by atoms with Crippen molar-refractivity contribution in [3.8, 4) is 22.8 Å². The third-order valence-corrected chi connectivity index (χ3v) is 5.38. The number of carbonyl (C=O) groups excluding carboxylic acids is 1. The van der Waals surface area contributed by atoms with E-state index in [9.17, 15) is 13.6 Å². The molecule has 0 aliphatic carbocycles. The molecule has 3 aromatic rings. The average molecular weight is 447 g/mol. The molecule has 162 valence electrons. The molecule has 4 rings (SSSR count). The van der Waals surface area contributed by atoms with Crippen molar-refractivity contribution in [3.05, 3.63) is 52.6 Å². The fourth-order valence-electron chi connectivity index (χ4n) is 3.10. The third kappa shape index (κ3) is 4.92. The number of benzene rings is 2. The number of ether oxygens (including phenoxy) is 3. The van der Waals surface area contributed by atoms with Gasteiger partial charge in [-0.2, -0.15) is 8.78 Å². The Morgan fingerprint density at radius 1 is 1.26 bits per heavy atom. The summed E-state index contributed by atoms with van der Waals surface area (Å²) in [7, 11) is 1.62. The molecule has 0 saturated heterocycles. The Labute approximate surface area is 180 Å². The number of thiazole rings is 1. The molecule has 7 nitrogen and oxygen atoms in total. The molecule has 1 aliphatic rings. The Hall–Kier alpha value is -3.24. The normalized spacial score (nSPS) is 13.7. The van der Waals surface area contributed by atoms with E-state index >= 15 is 0 Å². The number of methoxy groups -OCH3 is 1. The Morgan fingerprint density at radius 2 is 2.06 bits per heavy atom. The minimum atomic E-state index is -2.87. The van der Waals surface area contributed by atoms with Crippen molar-refractivity contribution in [2.24, 2.45) is 4.99 Å². The number of alkyl halides is 2. The summed E-state index contributed by atoms with van der Waals surface area (Å²) in [6.07, 6.45) is 0. The quantitative estimate of drug-likeness (QED) is 0.594. The summed E-state index contributed by atoms with van der Waals surface area (Å²) in [4.78, 5) is 17.0. The number of nitrogens with zero attached hydrogens (tertiary/aromatic N) is 2. The minimum absolute atomic E-state index is 0.00279. The summed E-state index contributed by atoms with van der Waals surface area (Å²) in [5.74, 6) is 0.502. The van der Waals surface area contributed by atoms with Crippen LogP contribution in [0.3, 0.4) is 0 Å². The molecular formula is C21H19F2N3O4S. The van der Waals surface area contributed by atoms with Crippen LogP contribution in [-0.2, 0) is 16.1 Å². The van der Waals surface area contributed by atoms with Crippen LogP contribution in [-0.4, -0.2) is 37.4 Å². The first-order valence-corrected chi connectivity index (χ1v) is 10.3. The molecule has 0 atom stereocenters. The van der Waals surface area contributed by atoms with Gasteiger partial charge in [0.05, 0.1) is 23.7 Å². The molecule has 1 aromatic heterocycles. The number of halogens is 2. The molecule has 2 aromatic carbocycles. The smallest absolute Gasteiger partial charge is 0.387 e. The molecule has 31 heavy (non-hydrogen) atoms. The molecular weight excluding hydrogens is 428 g/mol. The number of carbonyl (C=O) groups is 1. The van der Waals surface area contributed by atoms with Crippen molar-refractivity contribution in [2.75, 3.05) is 25.6 Å². The van der Waals surface area contributed by atoms with Crippen LogP contribution in [0.4, 0.5) is 20.2 Å². The highest BCUT2D eigenvalue weighted by Crippen LogP contribution is 2.33. The summed E-state index contributed by atoms with van der Waals surface area (Å²) in [6, 6.07) is 11.7. The van der Waals surface area contributed by atoms with E-state index in [1.165, 1.54) is 23.5 Å². The van der Waals surface area contributed by atoms with Crippen molar-refractivity contribution in [3.63, 3.8) is 0 Å². The van der Waals surface area contributed by atoms with E-state index in [-0.39, 0.29) is 18.3 Å². The Bertz CT molecular complexity index is 1140. The average Bonchev–Trinajstić information content (AvgIpc) is 3.15. The van der Waals surface area contributed by atoms with Crippen LogP contribution in [0.25, 0.3) is 11.3 Å². The predicted molar refractivity (Wildman–Crippen MR) is 112 cm³/mol. The lowest BCUT2D eigenvalue weighted by molar-refractivity contribution is -0.118. The highest BCUT2D eigenvalue weighted by Gasteiger charge is 2.18. The van der Waals surface area contributed by atoms with E-state index in [1.807, 2.05) is 28.1 Å². The van der Waals surface area contributed by atoms with Gasteiger partial charge in [0.15, 0.2) is 11.4 Å². The van der Waals surface area contributed by atoms with Gasteiger partial charge in [-0.15, -0.1) is 11.3 Å². The molecule has 0 radical (unpaired) electrons. The van der Waals surface area contributed by atoms with Crippen LogP contribution in [0.1, 0.15) is 0 Å². The van der Waals surface area contributed by atoms with E-state index in [0.717, 1.165) is 11.3 Å². The summed E-state index contributed by atoms with van der Waals surface area (Å²) in [5, 5.41) is 4.78. The highest BCUT2D eigenvalue weighted by atomic mass is 32.1. The Balaban J connectivity index is 1.70. The second-order valence-corrected chi connectivity index (χ2v) is 7.42. The van der Waals surface area contributed by atoms with Crippen LogP contribution < -0.4 is 19.6 Å². The fraction of sp³-hybridized carbons (Fsp3) is 0.238. The lowest BCUT2D eigenvalue weighted by Gasteiger charge is -2.19. The van der Waals surface area contributed by atoms with Crippen LogP contribution in [0.2, 0.25) is 0 Å². The number of fused-ring (bicyclic) bond motifs is 1. The molecule has 0 saturated carbocycles. The molecule has 0 bridgehead atoms. The topological polar surface area (TPSA) is 74.1 Å². The van der Waals surface area contributed by atoms with E-state index in [2.05, 4.69) is 15.0 Å². The van der Waals surface area contributed by atoms with Crippen LogP contribution >= 0.6 is 11.3 Å². The zero-order valence-electron chi connectivity index (χ0n) is 16.5. The van der Waals surface area contributed by atoms with Gasteiger partial charge in [0, 0.05) is 24.6 Å². The molecule has 1 N–H and O–H groups in total. The summed E-state index contributed by atoms with van der Waals surface area (Å²) in [5.41, 5.74) is 3.01. The number of nitrogens with one attached hydrogen (secondary N) is 1. The highest BCUT2D eigenvalue weighted by molar-refractivity contribution is 7.07. The monoisotopic (exact) mass is 447 g/mol. The van der Waals surface area contributed by atoms with Crippen molar-refractivity contribution in [2.45, 2.75) is 13.2 Å². The van der Waals surface area contributed by atoms with Crippen molar-refractivity contribution in [1.29, 1.82) is 0 Å². The SMILES string of the molecule is COCCn1c(-c2ccc3c(c2)NC(=O)CO3)csc1=Nc1ccc(OC(F)F)cc1. The van der Waals surface area contributed by atoms with E-state index in [1.54, 1.807) is 19.2 Å². The van der Waals surface area contributed by atoms with Gasteiger partial charge in [0.2, 0.25) is 0 Å². The fourth-order valence-corrected chi connectivity index (χ4v) is 4.06. The van der Waals surface area contributed by atoms with E-state index in [0.29, 0.717) is 35.1 Å². The Morgan fingerprint density at radius 3 is 2.81 bits per heavy atom. The second kappa shape index (κ2) is 9.27. The van der Waals surface area contributed by atoms with Gasteiger partial charge in [0.25, 0.3) is 5.91 Å². The summed E-state index contributed by atoms with van der Waals surface area (Å²) >= 11 is 1.44. The van der Waals surface area contributed by atoms with E-state index < -0.39 is 6.61 Å². The molecule has 0 unspecified atom stereocenters. The predicted octanol–water partition coefficient (Wildman–Crippen LogP) is 4.03. The lowest BCUT2D eigenvalue weighted by Crippen LogP contribution is -2.25. The summed E-state index contributed by atoms with van der Waals surface area (Å²) < 4.78 is 41.7. The maximum atomic E-state index is 12.3. The van der Waals surface area contributed by atoms with Gasteiger partial charge >= 0.3 is 6.61 Å². The van der Waals surface area contributed by atoms with E-state index in [4.69, 9.17) is 9.47 Å². The number of rotatable bonds is 7. The number of hydrogen-bond donors (Lipinski definition) is 1. The summed E-state index contributed by atoms with van der Waals surface area (Å²) in [6.45, 7) is -1.84. The van der Waals surface area contributed by atoms with Crippen molar-refractivity contribution >= 4 is 28.6 Å². The maximum absolute atomic E-state index is 12.3. The van der Waals surface area contributed by atoms with Gasteiger partial charge < -0.3 is 24.1 Å². The Kier molecular flexibility index (Phi) is 6.28. The molecule has 10 heteroatoms. The van der Waals surface area contributed by atoms with Crippen molar-refractivity contribution in [1.82, 2.24) is 4.57 Å². The molecule has 1 amide bonds. The largest absolute Gasteiger partial charge is 0.482 e. The van der Waals surface area contributed by atoms with Gasteiger partial charge in [-0.3, -0.25) is 4.79 Å². The first kappa shape index (κ1) is 21.0. The van der Waals surface area contributed by atoms with Gasteiger partial charge in [-0.25, -0.2) is 4.99 Å². The van der Waals surface area contributed by atoms with Gasteiger partial charge in [0.1, 0.15) is 11.5 Å². The minimum Gasteiger partial charge on any atom is -0.482 e. The van der Waals surface area contributed by atoms with Gasteiger partial charge in [-0.1, -0.05) is 0 Å². The number of hydrogen-bond acceptors (Lipinski definition) is 6. The first-order chi connectivity index (χ1) is 15.0. The lowest BCUT2D eigenvalue weighted by atomic mass is 10.1. The second-order valence-electron chi connectivity index (χ2n) is 6.58. The molecule has 1 aliphatic heterocycles. The standard InChI is InChI=1S/C21H19F2N3O4S/c1-28-9-8-26-17(13-2-7-18-16(10-13)25-19(27)11-29-18)12-31-21(26)24-14-3-5-15(6-4-14)30-20(22)23/h2-7,10,12,20H,8-9,11H2,1H3,(H,25,27). The maximum Gasteiger partial charge on any atom is 0.387 e. The molecule has 0 spiro atoms.